The van der Waals surface area contributed by atoms with Crippen molar-refractivity contribution in [2.75, 3.05) is 18.6 Å². The molecule has 0 aromatic heterocycles. The van der Waals surface area contributed by atoms with E-state index >= 15 is 0 Å². The summed E-state index contributed by atoms with van der Waals surface area (Å²) in [6.45, 7) is 5.91. The monoisotopic (exact) mass is 221 g/mol. The first-order valence-corrected chi connectivity index (χ1v) is 5.36. The zero-order valence-corrected chi connectivity index (χ0v) is 10.4. The maximum atomic E-state index is 11.8. The van der Waals surface area contributed by atoms with Crippen molar-refractivity contribution in [3.05, 3.63) is 30.3 Å². The predicted molar refractivity (Wildman–Crippen MR) is 65.6 cm³/mol. The van der Waals surface area contributed by atoms with Gasteiger partial charge >= 0.3 is 0 Å². The molecule has 1 rings (SSSR count). The molecule has 0 unspecified atom stereocenters. The van der Waals surface area contributed by atoms with Gasteiger partial charge in [-0.25, -0.2) is 0 Å². The lowest BCUT2D eigenvalue weighted by Crippen LogP contribution is -2.33. The van der Waals surface area contributed by atoms with Crippen LogP contribution >= 0.6 is 0 Å². The van der Waals surface area contributed by atoms with Crippen molar-refractivity contribution in [3.8, 4) is 0 Å². The van der Waals surface area contributed by atoms with Crippen molar-refractivity contribution in [2.24, 2.45) is 0 Å². The minimum Gasteiger partial charge on any atom is -0.366 e. The van der Waals surface area contributed by atoms with Gasteiger partial charge in [0, 0.05) is 12.7 Å². The zero-order valence-electron chi connectivity index (χ0n) is 10.4. The maximum Gasteiger partial charge on any atom is 0.252 e. The van der Waals surface area contributed by atoms with Gasteiger partial charge in [-0.2, -0.15) is 0 Å². The van der Waals surface area contributed by atoms with E-state index in [2.05, 4.69) is 0 Å². The molecule has 0 atom stereocenters. The van der Waals surface area contributed by atoms with Crippen LogP contribution in [0, 0.1) is 0 Å². The van der Waals surface area contributed by atoms with Gasteiger partial charge in [-0.1, -0.05) is 18.2 Å². The number of ether oxygens (including phenoxy) is 1. The van der Waals surface area contributed by atoms with E-state index in [1.807, 2.05) is 51.1 Å². The minimum atomic E-state index is -0.285. The quantitative estimate of drug-likeness (QED) is 0.784. The topological polar surface area (TPSA) is 29.5 Å². The predicted octanol–water partition coefficient (Wildman–Crippen LogP) is 2.46. The number of benzene rings is 1. The number of carbonyl (C=O) groups is 1. The van der Waals surface area contributed by atoms with Crippen LogP contribution in [0.15, 0.2) is 30.3 Å². The summed E-state index contributed by atoms with van der Waals surface area (Å²) in [5.41, 5.74) is 0.595. The molecule has 0 spiro atoms. The average Bonchev–Trinajstić information content (AvgIpc) is 2.25. The first-order chi connectivity index (χ1) is 7.40. The SMILES string of the molecule is CN(C(=O)COC(C)(C)C)c1ccccc1. The van der Waals surface area contributed by atoms with Crippen molar-refractivity contribution in [1.29, 1.82) is 0 Å². The lowest BCUT2D eigenvalue weighted by Gasteiger charge is -2.22. The fourth-order valence-electron chi connectivity index (χ4n) is 1.17. The van der Waals surface area contributed by atoms with Crippen LogP contribution in [-0.2, 0) is 9.53 Å². The molecule has 1 aromatic carbocycles. The second-order valence-corrected chi connectivity index (χ2v) is 4.69. The number of amides is 1. The van der Waals surface area contributed by atoms with Crippen LogP contribution in [-0.4, -0.2) is 25.2 Å². The molecular formula is C13H19NO2. The summed E-state index contributed by atoms with van der Waals surface area (Å²) in [6.07, 6.45) is 0. The number of rotatable bonds is 3. The van der Waals surface area contributed by atoms with Gasteiger partial charge in [-0.3, -0.25) is 4.79 Å². The molecule has 3 heteroatoms. The van der Waals surface area contributed by atoms with Crippen LogP contribution in [0.2, 0.25) is 0 Å². The van der Waals surface area contributed by atoms with E-state index in [9.17, 15) is 4.79 Å². The highest BCUT2D eigenvalue weighted by molar-refractivity contribution is 5.93. The molecule has 0 saturated heterocycles. The largest absolute Gasteiger partial charge is 0.366 e. The summed E-state index contributed by atoms with van der Waals surface area (Å²) < 4.78 is 5.44. The third kappa shape index (κ3) is 4.03. The number of para-hydroxylation sites is 1. The molecular weight excluding hydrogens is 202 g/mol. The third-order valence-electron chi connectivity index (χ3n) is 2.15. The summed E-state index contributed by atoms with van der Waals surface area (Å²) in [6, 6.07) is 9.53. The summed E-state index contributed by atoms with van der Waals surface area (Å²) in [5, 5.41) is 0. The van der Waals surface area contributed by atoms with E-state index in [0.29, 0.717) is 0 Å². The van der Waals surface area contributed by atoms with Gasteiger partial charge < -0.3 is 9.64 Å². The zero-order chi connectivity index (χ0) is 12.2. The number of likely N-dealkylation sites (N-methyl/N-ethyl adjacent to an activating group) is 1. The fraction of sp³-hybridized carbons (Fsp3) is 0.462. The lowest BCUT2D eigenvalue weighted by molar-refractivity contribution is -0.127. The van der Waals surface area contributed by atoms with Crippen LogP contribution in [0.4, 0.5) is 5.69 Å². The molecule has 0 saturated carbocycles. The Hall–Kier alpha value is -1.35. The van der Waals surface area contributed by atoms with E-state index in [1.54, 1.807) is 11.9 Å². The Morgan fingerprint density at radius 3 is 2.31 bits per heavy atom. The molecule has 0 aliphatic rings. The normalized spacial score (nSPS) is 11.2. The van der Waals surface area contributed by atoms with E-state index < -0.39 is 0 Å². The molecule has 0 heterocycles. The molecule has 1 aromatic rings. The fourth-order valence-corrected chi connectivity index (χ4v) is 1.17. The Morgan fingerprint density at radius 1 is 1.25 bits per heavy atom. The number of nitrogens with zero attached hydrogens (tertiary/aromatic N) is 1. The molecule has 0 fully saturated rings. The van der Waals surface area contributed by atoms with E-state index in [4.69, 9.17) is 4.74 Å². The molecule has 0 aliphatic heterocycles. The van der Waals surface area contributed by atoms with Gasteiger partial charge in [0.05, 0.1) is 5.60 Å². The standard InChI is InChI=1S/C13H19NO2/c1-13(2,3)16-10-12(15)14(4)11-8-6-5-7-9-11/h5-9H,10H2,1-4H3. The highest BCUT2D eigenvalue weighted by Gasteiger charge is 2.16. The van der Waals surface area contributed by atoms with Gasteiger partial charge in [0.2, 0.25) is 0 Å². The highest BCUT2D eigenvalue weighted by atomic mass is 16.5. The van der Waals surface area contributed by atoms with Crippen molar-refractivity contribution in [3.63, 3.8) is 0 Å². The second-order valence-electron chi connectivity index (χ2n) is 4.69. The van der Waals surface area contributed by atoms with E-state index in [0.717, 1.165) is 5.69 Å². The van der Waals surface area contributed by atoms with Crippen molar-refractivity contribution in [2.45, 2.75) is 26.4 Å². The number of hydrogen-bond acceptors (Lipinski definition) is 2. The van der Waals surface area contributed by atoms with Crippen molar-refractivity contribution < 1.29 is 9.53 Å². The lowest BCUT2D eigenvalue weighted by atomic mass is 10.2. The maximum absolute atomic E-state index is 11.8. The van der Waals surface area contributed by atoms with Crippen molar-refractivity contribution in [1.82, 2.24) is 0 Å². The van der Waals surface area contributed by atoms with Gasteiger partial charge in [0.1, 0.15) is 6.61 Å². The van der Waals surface area contributed by atoms with Crippen LogP contribution in [0.25, 0.3) is 0 Å². The Balaban J connectivity index is 2.55. The third-order valence-corrected chi connectivity index (χ3v) is 2.15. The molecule has 88 valence electrons. The van der Waals surface area contributed by atoms with Gasteiger partial charge in [0.25, 0.3) is 5.91 Å². The van der Waals surface area contributed by atoms with Gasteiger partial charge in [0.15, 0.2) is 0 Å². The summed E-state index contributed by atoms with van der Waals surface area (Å²) in [5.74, 6) is -0.0406. The Labute approximate surface area is 97.0 Å². The second kappa shape index (κ2) is 5.12. The molecule has 0 N–H and O–H groups in total. The Bertz CT molecular complexity index is 341. The van der Waals surface area contributed by atoms with Crippen LogP contribution in [0.1, 0.15) is 20.8 Å². The first kappa shape index (κ1) is 12.7. The van der Waals surface area contributed by atoms with E-state index in [1.165, 1.54) is 0 Å². The molecule has 3 nitrogen and oxygen atoms in total. The number of hydrogen-bond donors (Lipinski definition) is 0. The molecule has 0 aliphatic carbocycles. The van der Waals surface area contributed by atoms with Gasteiger partial charge in [-0.05, 0) is 32.9 Å². The molecule has 16 heavy (non-hydrogen) atoms. The number of carbonyl (C=O) groups excluding carboxylic acids is 1. The Kier molecular flexibility index (Phi) is 4.07. The van der Waals surface area contributed by atoms with Crippen LogP contribution in [0.5, 0.6) is 0 Å². The molecule has 1 amide bonds. The summed E-state index contributed by atoms with van der Waals surface area (Å²) in [7, 11) is 1.75. The molecule has 0 bridgehead atoms. The van der Waals surface area contributed by atoms with Crippen LogP contribution in [0.3, 0.4) is 0 Å². The summed E-state index contributed by atoms with van der Waals surface area (Å²) in [4.78, 5) is 13.4. The Morgan fingerprint density at radius 2 is 1.81 bits per heavy atom. The molecule has 0 radical (unpaired) electrons. The smallest absolute Gasteiger partial charge is 0.252 e. The van der Waals surface area contributed by atoms with Crippen LogP contribution < -0.4 is 4.90 Å². The van der Waals surface area contributed by atoms with Crippen molar-refractivity contribution >= 4 is 11.6 Å². The highest BCUT2D eigenvalue weighted by Crippen LogP contribution is 2.12. The average molecular weight is 221 g/mol. The number of anilines is 1. The first-order valence-electron chi connectivity index (χ1n) is 5.36. The minimum absolute atomic E-state index is 0.0406. The van der Waals surface area contributed by atoms with E-state index in [-0.39, 0.29) is 18.1 Å². The summed E-state index contributed by atoms with van der Waals surface area (Å²) >= 11 is 0. The van der Waals surface area contributed by atoms with Gasteiger partial charge in [-0.15, -0.1) is 0 Å².